The van der Waals surface area contributed by atoms with Gasteiger partial charge in [-0.3, -0.25) is 9.59 Å². The number of ketones is 1. The van der Waals surface area contributed by atoms with E-state index in [4.69, 9.17) is 9.57 Å². The van der Waals surface area contributed by atoms with Gasteiger partial charge >= 0.3 is 5.91 Å². The monoisotopic (exact) mass is 373 g/mol. The van der Waals surface area contributed by atoms with Crippen LogP contribution < -0.4 is 0 Å². The summed E-state index contributed by atoms with van der Waals surface area (Å²) in [7, 11) is 1.21. The zero-order valence-electron chi connectivity index (χ0n) is 14.7. The first-order valence-electron chi connectivity index (χ1n) is 8.15. The van der Waals surface area contributed by atoms with Crippen LogP contribution in [0.5, 0.6) is 11.5 Å². The highest BCUT2D eigenvalue weighted by Crippen LogP contribution is 2.46. The number of fused-ring (bicyclic) bond motifs is 1. The molecule has 1 aliphatic heterocycles. The van der Waals surface area contributed by atoms with Gasteiger partial charge in [-0.2, -0.15) is 0 Å². The van der Waals surface area contributed by atoms with Crippen molar-refractivity contribution in [1.29, 1.82) is 0 Å². The molecule has 1 amide bonds. The molecule has 0 aliphatic carbocycles. The Hall–Kier alpha value is -2.94. The molecule has 0 bridgehead atoms. The van der Waals surface area contributed by atoms with Crippen molar-refractivity contribution in [2.24, 2.45) is 0 Å². The lowest BCUT2D eigenvalue weighted by molar-refractivity contribution is -0.364. The summed E-state index contributed by atoms with van der Waals surface area (Å²) in [6, 6.07) is 10.2. The molecular weight excluding hydrogens is 354 g/mol. The second kappa shape index (κ2) is 6.99. The van der Waals surface area contributed by atoms with Crippen molar-refractivity contribution < 1.29 is 34.5 Å². The molecule has 0 saturated heterocycles. The molecule has 8 nitrogen and oxygen atoms in total. The van der Waals surface area contributed by atoms with Gasteiger partial charge in [0.05, 0.1) is 6.61 Å². The maximum Gasteiger partial charge on any atom is 0.313 e. The number of nitrogens with zero attached hydrogens (tertiary/aromatic N) is 1. The molecule has 2 unspecified atom stereocenters. The minimum Gasteiger partial charge on any atom is -0.508 e. The van der Waals surface area contributed by atoms with Crippen molar-refractivity contribution in [3.05, 3.63) is 59.2 Å². The molecule has 0 radical (unpaired) electrons. The van der Waals surface area contributed by atoms with E-state index in [-0.39, 0.29) is 23.7 Å². The second-order valence-electron chi connectivity index (χ2n) is 6.27. The molecule has 142 valence electrons. The molecule has 2 aromatic carbocycles. The molecule has 27 heavy (non-hydrogen) atoms. The van der Waals surface area contributed by atoms with Crippen LogP contribution in [0.25, 0.3) is 0 Å². The van der Waals surface area contributed by atoms with Crippen molar-refractivity contribution in [1.82, 2.24) is 5.06 Å². The average Bonchev–Trinajstić information content (AvgIpc) is 2.62. The molecule has 0 aromatic heterocycles. The number of carbonyl (C=O) groups excluding carboxylic acids is 2. The highest BCUT2D eigenvalue weighted by molar-refractivity contribution is 6.34. The SMILES string of the molecule is CC(=O)C(=O)N(C)OC1(O)c2ccc(O)cc2COC1c1ccc(O)cc1. The highest BCUT2D eigenvalue weighted by Gasteiger charge is 2.48. The van der Waals surface area contributed by atoms with Crippen molar-refractivity contribution in [3.63, 3.8) is 0 Å². The van der Waals surface area contributed by atoms with E-state index in [9.17, 15) is 24.9 Å². The summed E-state index contributed by atoms with van der Waals surface area (Å²) in [4.78, 5) is 28.8. The molecule has 0 fully saturated rings. The van der Waals surface area contributed by atoms with Crippen LogP contribution in [0.1, 0.15) is 29.7 Å². The predicted molar refractivity (Wildman–Crippen MR) is 92.2 cm³/mol. The Kier molecular flexibility index (Phi) is 4.88. The number of hydroxylamine groups is 2. The molecule has 2 atom stereocenters. The third-order valence-corrected chi connectivity index (χ3v) is 4.29. The maximum atomic E-state index is 11.9. The standard InChI is InChI=1S/C19H19NO7/c1-11(21)18(24)20(2)27-19(25)16-8-7-15(23)9-13(16)10-26-17(19)12-3-5-14(22)6-4-12/h3-9,17,22-23,25H,10H2,1-2H3. The van der Waals surface area contributed by atoms with Gasteiger partial charge in [0.15, 0.2) is 0 Å². The fourth-order valence-electron chi connectivity index (χ4n) is 3.02. The number of hydrogen-bond donors (Lipinski definition) is 3. The Balaban J connectivity index is 2.07. The lowest BCUT2D eigenvalue weighted by atomic mass is 9.88. The summed E-state index contributed by atoms with van der Waals surface area (Å²) < 4.78 is 5.75. The minimum atomic E-state index is -2.15. The number of hydrogen-bond acceptors (Lipinski definition) is 7. The molecule has 3 N–H and O–H groups in total. The number of aliphatic hydroxyl groups is 1. The van der Waals surface area contributed by atoms with E-state index in [1.165, 1.54) is 37.4 Å². The van der Waals surface area contributed by atoms with Crippen molar-refractivity contribution in [2.45, 2.75) is 25.4 Å². The zero-order valence-corrected chi connectivity index (χ0v) is 14.7. The minimum absolute atomic E-state index is 0.0176. The summed E-state index contributed by atoms with van der Waals surface area (Å²) in [6.07, 6.45) is -1.06. The van der Waals surface area contributed by atoms with Crippen LogP contribution in [0, 0.1) is 0 Å². The predicted octanol–water partition coefficient (Wildman–Crippen LogP) is 1.49. The van der Waals surface area contributed by atoms with Gasteiger partial charge in [-0.1, -0.05) is 12.1 Å². The Labute approximate surface area is 155 Å². The fourth-order valence-corrected chi connectivity index (χ4v) is 3.02. The maximum absolute atomic E-state index is 11.9. The van der Waals surface area contributed by atoms with Crippen LogP contribution in [0.2, 0.25) is 0 Å². The molecule has 0 spiro atoms. The number of phenolic OH excluding ortho intramolecular Hbond substituents is 2. The normalized spacial score (nSPS) is 21.4. The van der Waals surface area contributed by atoms with Crippen LogP contribution in [0.4, 0.5) is 0 Å². The van der Waals surface area contributed by atoms with E-state index in [2.05, 4.69) is 0 Å². The van der Waals surface area contributed by atoms with Crippen LogP contribution >= 0.6 is 0 Å². The number of Topliss-reactive ketones (excluding diaryl/α,β-unsaturated/α-hetero) is 1. The topological polar surface area (TPSA) is 117 Å². The van der Waals surface area contributed by atoms with E-state index in [0.29, 0.717) is 16.2 Å². The molecular formula is C19H19NO7. The Morgan fingerprint density at radius 1 is 1.15 bits per heavy atom. The van der Waals surface area contributed by atoms with Gasteiger partial charge in [0.25, 0.3) is 0 Å². The van der Waals surface area contributed by atoms with Gasteiger partial charge in [0, 0.05) is 19.5 Å². The van der Waals surface area contributed by atoms with Gasteiger partial charge in [0.2, 0.25) is 11.6 Å². The lowest BCUT2D eigenvalue weighted by Gasteiger charge is -2.42. The largest absolute Gasteiger partial charge is 0.508 e. The van der Waals surface area contributed by atoms with E-state index in [0.717, 1.165) is 6.92 Å². The van der Waals surface area contributed by atoms with Gasteiger partial charge < -0.3 is 20.1 Å². The smallest absolute Gasteiger partial charge is 0.313 e. The number of aromatic hydroxyl groups is 2. The highest BCUT2D eigenvalue weighted by atomic mass is 16.8. The first kappa shape index (κ1) is 18.8. The Morgan fingerprint density at radius 2 is 1.78 bits per heavy atom. The number of amides is 1. The average molecular weight is 373 g/mol. The van der Waals surface area contributed by atoms with Crippen LogP contribution in [0.15, 0.2) is 42.5 Å². The number of benzene rings is 2. The van der Waals surface area contributed by atoms with Gasteiger partial charge in [-0.05, 0) is 41.5 Å². The van der Waals surface area contributed by atoms with Gasteiger partial charge in [0.1, 0.15) is 17.6 Å². The fraction of sp³-hybridized carbons (Fsp3) is 0.263. The summed E-state index contributed by atoms with van der Waals surface area (Å²) in [6.45, 7) is 1.17. The van der Waals surface area contributed by atoms with Gasteiger partial charge in [-0.15, -0.1) is 0 Å². The van der Waals surface area contributed by atoms with Crippen LogP contribution in [-0.2, 0) is 31.6 Å². The van der Waals surface area contributed by atoms with Crippen molar-refractivity contribution >= 4 is 11.7 Å². The van der Waals surface area contributed by atoms with Crippen molar-refractivity contribution in [3.8, 4) is 11.5 Å². The quantitative estimate of drug-likeness (QED) is 0.422. The lowest BCUT2D eigenvalue weighted by Crippen LogP contribution is -2.48. The summed E-state index contributed by atoms with van der Waals surface area (Å²) in [5.74, 6) is -3.84. The van der Waals surface area contributed by atoms with E-state index >= 15 is 0 Å². The first-order valence-corrected chi connectivity index (χ1v) is 8.15. The Bertz CT molecular complexity index is 880. The van der Waals surface area contributed by atoms with Gasteiger partial charge in [-0.25, -0.2) is 9.90 Å². The van der Waals surface area contributed by atoms with Crippen molar-refractivity contribution in [2.75, 3.05) is 7.05 Å². The second-order valence-corrected chi connectivity index (χ2v) is 6.27. The number of likely N-dealkylation sites (N-methyl/N-ethyl adjacent to an activating group) is 1. The molecule has 3 rings (SSSR count). The van der Waals surface area contributed by atoms with Crippen LogP contribution in [-0.4, -0.2) is 39.1 Å². The first-order chi connectivity index (χ1) is 12.7. The number of ether oxygens (including phenoxy) is 1. The van der Waals surface area contributed by atoms with Crippen LogP contribution in [0.3, 0.4) is 0 Å². The summed E-state index contributed by atoms with van der Waals surface area (Å²) >= 11 is 0. The number of phenols is 2. The zero-order chi connectivity index (χ0) is 19.8. The number of rotatable bonds is 4. The Morgan fingerprint density at radius 3 is 2.41 bits per heavy atom. The molecule has 0 saturated carbocycles. The third-order valence-electron chi connectivity index (χ3n) is 4.29. The molecule has 8 heteroatoms. The summed E-state index contributed by atoms with van der Waals surface area (Å²) in [5.41, 5.74) is 1.24. The van der Waals surface area contributed by atoms with E-state index in [1.54, 1.807) is 12.1 Å². The third kappa shape index (κ3) is 3.50. The van der Waals surface area contributed by atoms with E-state index < -0.39 is 23.6 Å². The van der Waals surface area contributed by atoms with E-state index in [1.807, 2.05) is 0 Å². The molecule has 1 heterocycles. The number of carbonyl (C=O) groups is 2. The molecule has 2 aromatic rings. The molecule has 1 aliphatic rings. The summed E-state index contributed by atoms with van der Waals surface area (Å²) in [5, 5.41) is 31.3.